The second kappa shape index (κ2) is 13.6. The van der Waals surface area contributed by atoms with Gasteiger partial charge >= 0.3 is 18.3 Å². The number of hydrogen-bond donors (Lipinski definition) is 2. The number of benzene rings is 1. The van der Waals surface area contributed by atoms with Crippen molar-refractivity contribution in [2.75, 3.05) is 13.1 Å². The maximum absolute atomic E-state index is 13.3. The van der Waals surface area contributed by atoms with Crippen molar-refractivity contribution in [3.63, 3.8) is 0 Å². The minimum Gasteiger partial charge on any atom is -0.435 e. The van der Waals surface area contributed by atoms with Gasteiger partial charge in [-0.05, 0) is 81.9 Å². The summed E-state index contributed by atoms with van der Waals surface area (Å²) in [6.07, 6.45) is 7.10. The van der Waals surface area contributed by atoms with Crippen molar-refractivity contribution in [1.82, 2.24) is 24.7 Å². The first-order chi connectivity index (χ1) is 20.1. The van der Waals surface area contributed by atoms with E-state index in [1.54, 1.807) is 13.8 Å². The fourth-order valence-corrected chi connectivity index (χ4v) is 4.93. The largest absolute Gasteiger partial charge is 0.435 e. The molecule has 226 valence electrons. The molecule has 2 aliphatic rings. The van der Waals surface area contributed by atoms with Gasteiger partial charge in [-0.3, -0.25) is 18.7 Å². The van der Waals surface area contributed by atoms with E-state index in [9.17, 15) is 32.3 Å². The number of hydrogen-bond acceptors (Lipinski definition) is 5. The van der Waals surface area contributed by atoms with Crippen molar-refractivity contribution in [2.45, 2.75) is 64.8 Å². The summed E-state index contributed by atoms with van der Waals surface area (Å²) in [5, 5.41) is 5.48. The SMILES string of the molecule is CC(C)n1c(/C=C/F)c(/C=C/NC(=O)N2CCCC(NC(=O)c3ccc(OC(F)F)cc3)C2)c(=O)n(CC2CC2)c1=O. The van der Waals surface area contributed by atoms with Crippen LogP contribution in [0.4, 0.5) is 18.0 Å². The molecule has 13 heteroatoms. The predicted molar refractivity (Wildman–Crippen MR) is 151 cm³/mol. The van der Waals surface area contributed by atoms with Gasteiger partial charge in [-0.1, -0.05) is 0 Å². The summed E-state index contributed by atoms with van der Waals surface area (Å²) in [4.78, 5) is 53.4. The number of likely N-dealkylation sites (tertiary alicyclic amines) is 1. The molecule has 2 aromatic rings. The van der Waals surface area contributed by atoms with Crippen molar-refractivity contribution in [1.29, 1.82) is 0 Å². The Hall–Kier alpha value is -4.29. The molecular formula is C29H34F3N5O5. The van der Waals surface area contributed by atoms with Crippen molar-refractivity contribution in [3.8, 4) is 5.75 Å². The van der Waals surface area contributed by atoms with Gasteiger partial charge in [0.05, 0.1) is 17.6 Å². The van der Waals surface area contributed by atoms with Crippen LogP contribution in [-0.4, -0.2) is 51.7 Å². The van der Waals surface area contributed by atoms with E-state index in [0.717, 1.165) is 18.9 Å². The molecule has 1 unspecified atom stereocenters. The first kappa shape index (κ1) is 30.7. The molecule has 1 aliphatic heterocycles. The Kier molecular flexibility index (Phi) is 9.92. The topological polar surface area (TPSA) is 115 Å². The molecule has 1 saturated heterocycles. The van der Waals surface area contributed by atoms with Crippen LogP contribution in [0.1, 0.15) is 67.2 Å². The van der Waals surface area contributed by atoms with Gasteiger partial charge in [0.25, 0.3) is 11.5 Å². The molecule has 3 amide bonds. The molecule has 10 nitrogen and oxygen atoms in total. The van der Waals surface area contributed by atoms with Crippen LogP contribution in [-0.2, 0) is 6.54 Å². The lowest BCUT2D eigenvalue weighted by molar-refractivity contribution is -0.0498. The molecule has 0 radical (unpaired) electrons. The normalized spacial score (nSPS) is 17.4. The number of nitrogens with zero attached hydrogens (tertiary/aromatic N) is 3. The zero-order valence-electron chi connectivity index (χ0n) is 23.4. The summed E-state index contributed by atoms with van der Waals surface area (Å²) < 4.78 is 44.8. The van der Waals surface area contributed by atoms with Gasteiger partial charge in [-0.15, -0.1) is 0 Å². The molecular weight excluding hydrogens is 555 g/mol. The number of rotatable bonds is 10. The van der Waals surface area contributed by atoms with Crippen molar-refractivity contribution in [3.05, 3.63) is 74.5 Å². The summed E-state index contributed by atoms with van der Waals surface area (Å²) in [5.74, 6) is -0.226. The number of amides is 3. The van der Waals surface area contributed by atoms with E-state index in [1.807, 2.05) is 0 Å². The Morgan fingerprint density at radius 2 is 1.81 bits per heavy atom. The number of halogens is 3. The molecule has 1 aromatic carbocycles. The summed E-state index contributed by atoms with van der Waals surface area (Å²) in [5.41, 5.74) is -0.622. The molecule has 2 heterocycles. The van der Waals surface area contributed by atoms with Crippen molar-refractivity contribution < 1.29 is 27.5 Å². The highest BCUT2D eigenvalue weighted by Crippen LogP contribution is 2.30. The van der Waals surface area contributed by atoms with E-state index in [2.05, 4.69) is 15.4 Å². The average Bonchev–Trinajstić information content (AvgIpc) is 3.77. The third kappa shape index (κ3) is 7.51. The Balaban J connectivity index is 1.44. The van der Waals surface area contributed by atoms with E-state index >= 15 is 0 Å². The number of ether oxygens (including phenoxy) is 1. The van der Waals surface area contributed by atoms with Gasteiger partial charge in [0.15, 0.2) is 0 Å². The maximum Gasteiger partial charge on any atom is 0.387 e. The van der Waals surface area contributed by atoms with Crippen LogP contribution in [0.3, 0.4) is 0 Å². The van der Waals surface area contributed by atoms with Crippen LogP contribution in [0.5, 0.6) is 5.75 Å². The number of urea groups is 1. The standard InChI is InChI=1S/C29H34F3N5O5/c1-18(2)37-24(11-13-30)23(26(39)36(29(37)41)16-19-5-6-19)12-14-33-28(40)35-15-3-4-21(17-35)34-25(38)20-7-9-22(10-8-20)42-27(31)32/h7-14,18-19,21,27H,3-6,15-17H2,1-2H3,(H,33,40)(H,34,38)/b13-11+,14-12+. The van der Waals surface area contributed by atoms with Crippen LogP contribution in [0.15, 0.2) is 46.4 Å². The number of carbonyl (C=O) groups is 2. The van der Waals surface area contributed by atoms with Gasteiger partial charge in [-0.25, -0.2) is 14.0 Å². The van der Waals surface area contributed by atoms with Crippen LogP contribution in [0.2, 0.25) is 0 Å². The highest BCUT2D eigenvalue weighted by atomic mass is 19.3. The number of carbonyl (C=O) groups excluding carboxylic acids is 2. The molecule has 0 bridgehead atoms. The number of piperidine rings is 1. The Morgan fingerprint density at radius 3 is 2.43 bits per heavy atom. The lowest BCUT2D eigenvalue weighted by Crippen LogP contribution is -2.51. The van der Waals surface area contributed by atoms with Crippen LogP contribution < -0.4 is 26.6 Å². The van der Waals surface area contributed by atoms with E-state index in [-0.39, 0.29) is 60.0 Å². The molecule has 2 fully saturated rings. The van der Waals surface area contributed by atoms with E-state index in [1.165, 1.54) is 50.6 Å². The third-order valence-corrected chi connectivity index (χ3v) is 7.17. The second-order valence-electron chi connectivity index (χ2n) is 10.6. The Morgan fingerprint density at radius 1 is 1.10 bits per heavy atom. The fraction of sp³-hybridized carbons (Fsp3) is 0.448. The quantitative estimate of drug-likeness (QED) is 0.433. The third-order valence-electron chi connectivity index (χ3n) is 7.17. The van der Waals surface area contributed by atoms with Gasteiger partial charge < -0.3 is 20.3 Å². The first-order valence-electron chi connectivity index (χ1n) is 13.8. The average molecular weight is 590 g/mol. The van der Waals surface area contributed by atoms with Crippen LogP contribution in [0, 0.1) is 5.92 Å². The number of nitrogens with one attached hydrogen (secondary N) is 2. The molecule has 1 aliphatic carbocycles. The molecule has 2 N–H and O–H groups in total. The summed E-state index contributed by atoms with van der Waals surface area (Å²) in [6.45, 7) is 1.51. The summed E-state index contributed by atoms with van der Waals surface area (Å²) >= 11 is 0. The molecule has 0 spiro atoms. The molecule has 4 rings (SSSR count). The minimum atomic E-state index is -2.96. The smallest absolute Gasteiger partial charge is 0.387 e. The van der Waals surface area contributed by atoms with Crippen molar-refractivity contribution in [2.24, 2.45) is 5.92 Å². The zero-order chi connectivity index (χ0) is 30.4. The molecule has 42 heavy (non-hydrogen) atoms. The Labute approximate surface area is 240 Å². The van der Waals surface area contributed by atoms with Gasteiger partial charge in [0, 0.05) is 43.5 Å². The first-order valence-corrected chi connectivity index (χ1v) is 13.8. The monoisotopic (exact) mass is 589 g/mol. The molecule has 1 aromatic heterocycles. The molecule has 1 atom stereocenters. The highest BCUT2D eigenvalue weighted by Gasteiger charge is 2.27. The number of aromatic nitrogens is 2. The maximum atomic E-state index is 13.3. The summed E-state index contributed by atoms with van der Waals surface area (Å²) in [7, 11) is 0. The fourth-order valence-electron chi connectivity index (χ4n) is 4.93. The minimum absolute atomic E-state index is 0.0622. The predicted octanol–water partition coefficient (Wildman–Crippen LogP) is 4.12. The lowest BCUT2D eigenvalue weighted by atomic mass is 10.1. The second-order valence-corrected chi connectivity index (χ2v) is 10.6. The van der Waals surface area contributed by atoms with Crippen LogP contribution >= 0.6 is 0 Å². The Bertz CT molecular complexity index is 1460. The van der Waals surface area contributed by atoms with Crippen LogP contribution in [0.25, 0.3) is 12.2 Å². The van der Waals surface area contributed by atoms with E-state index in [0.29, 0.717) is 19.4 Å². The molecule has 1 saturated carbocycles. The van der Waals surface area contributed by atoms with E-state index < -0.39 is 29.8 Å². The lowest BCUT2D eigenvalue weighted by Gasteiger charge is -2.32. The van der Waals surface area contributed by atoms with Crippen molar-refractivity contribution >= 4 is 24.1 Å². The highest BCUT2D eigenvalue weighted by molar-refractivity contribution is 5.94. The summed E-state index contributed by atoms with van der Waals surface area (Å²) in [6, 6.07) is 4.14. The van der Waals surface area contributed by atoms with E-state index in [4.69, 9.17) is 0 Å². The van der Waals surface area contributed by atoms with Gasteiger partial charge in [-0.2, -0.15) is 8.78 Å². The zero-order valence-corrected chi connectivity index (χ0v) is 23.4. The van der Waals surface area contributed by atoms with Gasteiger partial charge in [0.1, 0.15) is 5.75 Å². The van der Waals surface area contributed by atoms with Gasteiger partial charge in [0.2, 0.25) is 0 Å². The number of alkyl halides is 2.